The van der Waals surface area contributed by atoms with Crippen molar-refractivity contribution in [1.82, 2.24) is 10.4 Å². The molecule has 0 saturated carbocycles. The van der Waals surface area contributed by atoms with Gasteiger partial charge in [-0.15, -0.1) is 0 Å². The third kappa shape index (κ3) is 5.08. The molecule has 0 radical (unpaired) electrons. The van der Waals surface area contributed by atoms with Gasteiger partial charge in [0.15, 0.2) is 14.6 Å². The maximum absolute atomic E-state index is 13.5. The molecule has 1 heterocycles. The Morgan fingerprint density at radius 1 is 1.10 bits per heavy atom. The van der Waals surface area contributed by atoms with Gasteiger partial charge in [-0.3, -0.25) is 14.9 Å². The van der Waals surface area contributed by atoms with Gasteiger partial charge in [0.2, 0.25) is 0 Å². The van der Waals surface area contributed by atoms with E-state index in [2.05, 4.69) is 11.8 Å². The first kappa shape index (κ1) is 23.2. The molecule has 2 aromatic rings. The van der Waals surface area contributed by atoms with Crippen LogP contribution in [0.25, 0.3) is 0 Å². The molecule has 31 heavy (non-hydrogen) atoms. The molecule has 0 atom stereocenters. The number of benzene rings is 2. The summed E-state index contributed by atoms with van der Waals surface area (Å²) in [6.45, 7) is 4.17. The van der Waals surface area contributed by atoms with Crippen LogP contribution in [0.5, 0.6) is 5.75 Å². The van der Waals surface area contributed by atoms with Crippen molar-refractivity contribution in [2.75, 3.05) is 19.7 Å². The Bertz CT molecular complexity index is 953. The highest BCUT2D eigenvalue weighted by Crippen LogP contribution is 2.36. The number of piperidine rings is 1. The number of hydrogen-bond acceptors (Lipinski definition) is 6. The van der Waals surface area contributed by atoms with E-state index in [1.54, 1.807) is 17.6 Å². The summed E-state index contributed by atoms with van der Waals surface area (Å²) in [5.41, 5.74) is 2.73. The van der Waals surface area contributed by atoms with Crippen molar-refractivity contribution < 1.29 is 23.2 Å². The third-order valence-corrected chi connectivity index (χ3v) is 8.36. The zero-order valence-corrected chi connectivity index (χ0v) is 18.6. The lowest BCUT2D eigenvalue weighted by atomic mass is 9.94. The Labute approximate surface area is 183 Å². The molecule has 0 bridgehead atoms. The van der Waals surface area contributed by atoms with E-state index in [0.29, 0.717) is 32.0 Å². The summed E-state index contributed by atoms with van der Waals surface area (Å²) in [6, 6.07) is 16.1. The molecule has 1 aliphatic rings. The molecular weight excluding hydrogens is 416 g/mol. The number of ether oxygens (including phenoxy) is 1. The number of sulfone groups is 1. The molecule has 1 saturated heterocycles. The zero-order valence-electron chi connectivity index (χ0n) is 17.8. The van der Waals surface area contributed by atoms with Crippen LogP contribution in [0.2, 0.25) is 0 Å². The van der Waals surface area contributed by atoms with E-state index in [1.807, 2.05) is 30.3 Å². The van der Waals surface area contributed by atoms with Gasteiger partial charge in [0.05, 0.1) is 11.5 Å². The number of hydroxylamine groups is 1. The van der Waals surface area contributed by atoms with Gasteiger partial charge in [-0.2, -0.15) is 0 Å². The van der Waals surface area contributed by atoms with Crippen molar-refractivity contribution in [3.05, 3.63) is 60.2 Å². The fourth-order valence-electron chi connectivity index (χ4n) is 3.91. The van der Waals surface area contributed by atoms with Gasteiger partial charge in [-0.05, 0) is 49.1 Å². The number of unbranched alkanes of at least 4 members (excludes halogenated alkanes) is 1. The fraction of sp³-hybridized carbons (Fsp3) is 0.435. The molecule has 8 heteroatoms. The maximum Gasteiger partial charge on any atom is 0.265 e. The highest BCUT2D eigenvalue weighted by atomic mass is 32.2. The van der Waals surface area contributed by atoms with Crippen molar-refractivity contribution in [2.45, 2.75) is 48.8 Å². The molecule has 0 aromatic heterocycles. The molecule has 0 spiro atoms. The van der Waals surface area contributed by atoms with E-state index in [9.17, 15) is 18.4 Å². The van der Waals surface area contributed by atoms with Gasteiger partial charge < -0.3 is 4.74 Å². The van der Waals surface area contributed by atoms with Crippen LogP contribution in [0.1, 0.15) is 38.2 Å². The first-order chi connectivity index (χ1) is 14.9. The summed E-state index contributed by atoms with van der Waals surface area (Å²) in [5.74, 6) is -0.291. The van der Waals surface area contributed by atoms with Crippen LogP contribution in [-0.4, -0.2) is 48.9 Å². The molecule has 168 valence electrons. The molecule has 2 aromatic carbocycles. The van der Waals surface area contributed by atoms with Crippen LogP contribution < -0.4 is 10.2 Å². The van der Waals surface area contributed by atoms with Crippen molar-refractivity contribution in [3.63, 3.8) is 0 Å². The maximum atomic E-state index is 13.5. The Balaban J connectivity index is 1.78. The van der Waals surface area contributed by atoms with E-state index in [-0.39, 0.29) is 17.7 Å². The van der Waals surface area contributed by atoms with Gasteiger partial charge >= 0.3 is 0 Å². The van der Waals surface area contributed by atoms with Gasteiger partial charge in [0.25, 0.3) is 5.91 Å². The summed E-state index contributed by atoms with van der Waals surface area (Å²) >= 11 is 0. The molecule has 0 aliphatic carbocycles. The Kier molecular flexibility index (Phi) is 7.69. The second kappa shape index (κ2) is 10.3. The lowest BCUT2D eigenvalue weighted by Gasteiger charge is -2.39. The largest absolute Gasteiger partial charge is 0.494 e. The molecule has 2 N–H and O–H groups in total. The number of carbonyl (C=O) groups excluding carboxylic acids is 1. The molecular formula is C23H30N2O5S. The Morgan fingerprint density at radius 3 is 2.32 bits per heavy atom. The zero-order chi connectivity index (χ0) is 22.3. The smallest absolute Gasteiger partial charge is 0.265 e. The average molecular weight is 447 g/mol. The molecule has 3 rings (SSSR count). The standard InChI is InChI=1S/C23H30N2O5S/c1-2-3-17-30-20-9-11-21(12-10-20)31(28,29)23(22(26)24-27)13-15-25(16-14-23)18-19-7-5-4-6-8-19/h4-12,27H,2-3,13-18H2,1H3,(H,24,26). The van der Waals surface area contributed by atoms with Gasteiger partial charge in [-0.25, -0.2) is 13.9 Å². The predicted octanol–water partition coefficient (Wildman–Crippen LogP) is 3.18. The third-order valence-electron chi connectivity index (χ3n) is 5.84. The average Bonchev–Trinajstić information content (AvgIpc) is 2.80. The highest BCUT2D eigenvalue weighted by Gasteiger charge is 2.52. The van der Waals surface area contributed by atoms with E-state index >= 15 is 0 Å². The fourth-order valence-corrected chi connectivity index (χ4v) is 5.86. The number of hydrogen-bond donors (Lipinski definition) is 2. The molecule has 1 amide bonds. The predicted molar refractivity (Wildman–Crippen MR) is 118 cm³/mol. The number of likely N-dealkylation sites (tertiary alicyclic amines) is 1. The van der Waals surface area contributed by atoms with Crippen LogP contribution in [0.15, 0.2) is 59.5 Å². The summed E-state index contributed by atoms with van der Waals surface area (Å²) in [6.07, 6.45) is 2.12. The molecule has 1 aliphatic heterocycles. The number of nitrogens with one attached hydrogen (secondary N) is 1. The van der Waals surface area contributed by atoms with E-state index < -0.39 is 20.5 Å². The minimum atomic E-state index is -4.03. The lowest BCUT2D eigenvalue weighted by molar-refractivity contribution is -0.133. The summed E-state index contributed by atoms with van der Waals surface area (Å²) in [5, 5.41) is 9.33. The highest BCUT2D eigenvalue weighted by molar-refractivity contribution is 7.93. The molecule has 0 unspecified atom stereocenters. The topological polar surface area (TPSA) is 95.9 Å². The van der Waals surface area contributed by atoms with Crippen LogP contribution in [0.4, 0.5) is 0 Å². The van der Waals surface area contributed by atoms with E-state index in [4.69, 9.17) is 4.74 Å². The first-order valence-electron chi connectivity index (χ1n) is 10.6. The second-order valence-electron chi connectivity index (χ2n) is 7.87. The minimum absolute atomic E-state index is 0.0513. The summed E-state index contributed by atoms with van der Waals surface area (Å²) in [4.78, 5) is 14.8. The van der Waals surface area contributed by atoms with E-state index in [0.717, 1.165) is 18.4 Å². The van der Waals surface area contributed by atoms with Crippen molar-refractivity contribution in [2.24, 2.45) is 0 Å². The van der Waals surface area contributed by atoms with E-state index in [1.165, 1.54) is 12.1 Å². The summed E-state index contributed by atoms with van der Waals surface area (Å²) in [7, 11) is -4.03. The van der Waals surface area contributed by atoms with Crippen molar-refractivity contribution >= 4 is 15.7 Å². The van der Waals surface area contributed by atoms with Gasteiger partial charge in [0.1, 0.15) is 5.75 Å². The quantitative estimate of drug-likeness (QED) is 0.349. The van der Waals surface area contributed by atoms with Gasteiger partial charge in [-0.1, -0.05) is 43.7 Å². The SMILES string of the molecule is CCCCOc1ccc(S(=O)(=O)C2(C(=O)NO)CCN(Cc3ccccc3)CC2)cc1. The monoisotopic (exact) mass is 446 g/mol. The van der Waals surface area contributed by atoms with Crippen LogP contribution in [-0.2, 0) is 21.2 Å². The number of amides is 1. The van der Waals surface area contributed by atoms with Gasteiger partial charge in [0, 0.05) is 19.6 Å². The minimum Gasteiger partial charge on any atom is -0.494 e. The van der Waals surface area contributed by atoms with Crippen LogP contribution in [0.3, 0.4) is 0 Å². The Morgan fingerprint density at radius 2 is 1.74 bits per heavy atom. The second-order valence-corrected chi connectivity index (χ2v) is 10.1. The first-order valence-corrected chi connectivity index (χ1v) is 12.1. The number of nitrogens with zero attached hydrogens (tertiary/aromatic N) is 1. The van der Waals surface area contributed by atoms with Crippen LogP contribution >= 0.6 is 0 Å². The van der Waals surface area contributed by atoms with Crippen molar-refractivity contribution in [1.29, 1.82) is 0 Å². The molecule has 1 fully saturated rings. The Hall–Kier alpha value is -2.42. The van der Waals surface area contributed by atoms with Crippen molar-refractivity contribution in [3.8, 4) is 5.75 Å². The van der Waals surface area contributed by atoms with Crippen LogP contribution in [0, 0.1) is 0 Å². The lowest BCUT2D eigenvalue weighted by Crippen LogP contribution is -2.57. The number of rotatable bonds is 9. The summed E-state index contributed by atoms with van der Waals surface area (Å²) < 4.78 is 30.9. The molecule has 7 nitrogen and oxygen atoms in total. The normalized spacial score (nSPS) is 16.6. The number of carbonyl (C=O) groups is 1.